The minimum atomic E-state index is -0.558. The number of halogens is 1. The molecule has 0 amide bonds. The standard InChI is InChI=1S/C11H9ClN4O2/c12-9-3-1-7(13)5-10(9)15-8-2-4-11(14-6-8)16(17)18/h1-6,15H,13H2. The number of nitro groups is 1. The summed E-state index contributed by atoms with van der Waals surface area (Å²) in [5.41, 5.74) is 7.42. The molecule has 1 aromatic heterocycles. The molecule has 3 N–H and O–H groups in total. The van der Waals surface area contributed by atoms with Crippen LogP contribution >= 0.6 is 11.6 Å². The Morgan fingerprint density at radius 2 is 2.11 bits per heavy atom. The van der Waals surface area contributed by atoms with Crippen LogP contribution in [-0.4, -0.2) is 9.91 Å². The molecule has 1 heterocycles. The molecule has 0 unspecified atom stereocenters. The largest absolute Gasteiger partial charge is 0.399 e. The van der Waals surface area contributed by atoms with Crippen LogP contribution in [0.2, 0.25) is 5.02 Å². The van der Waals surface area contributed by atoms with Gasteiger partial charge in [0.15, 0.2) is 6.20 Å². The fraction of sp³-hybridized carbons (Fsp3) is 0. The summed E-state index contributed by atoms with van der Waals surface area (Å²) in [5, 5.41) is 13.9. The zero-order chi connectivity index (χ0) is 13.1. The van der Waals surface area contributed by atoms with Crippen molar-refractivity contribution in [1.29, 1.82) is 0 Å². The number of nitrogens with one attached hydrogen (secondary N) is 1. The van der Waals surface area contributed by atoms with E-state index in [0.29, 0.717) is 22.1 Å². The Hall–Kier alpha value is -2.34. The maximum absolute atomic E-state index is 10.5. The minimum Gasteiger partial charge on any atom is -0.399 e. The highest BCUT2D eigenvalue weighted by atomic mass is 35.5. The van der Waals surface area contributed by atoms with E-state index in [-0.39, 0.29) is 5.82 Å². The van der Waals surface area contributed by atoms with Gasteiger partial charge in [0.05, 0.1) is 16.4 Å². The second-order valence-electron chi connectivity index (χ2n) is 3.53. The van der Waals surface area contributed by atoms with Crippen molar-refractivity contribution in [2.45, 2.75) is 0 Å². The molecule has 0 saturated carbocycles. The quantitative estimate of drug-likeness (QED) is 0.505. The molecule has 7 heteroatoms. The molecular weight excluding hydrogens is 256 g/mol. The number of pyridine rings is 1. The Morgan fingerprint density at radius 1 is 1.33 bits per heavy atom. The molecule has 0 saturated heterocycles. The normalized spacial score (nSPS) is 10.1. The van der Waals surface area contributed by atoms with Gasteiger partial charge >= 0.3 is 5.82 Å². The third-order valence-electron chi connectivity index (χ3n) is 2.20. The van der Waals surface area contributed by atoms with Crippen LogP contribution in [-0.2, 0) is 0 Å². The Bertz CT molecular complexity index is 586. The molecule has 0 aliphatic rings. The SMILES string of the molecule is Nc1ccc(Cl)c(Nc2ccc([N+](=O)[O-])nc2)c1. The number of benzene rings is 1. The molecule has 0 atom stereocenters. The number of nitrogens with two attached hydrogens (primary N) is 1. The van der Waals surface area contributed by atoms with Crippen molar-refractivity contribution in [3.05, 3.63) is 51.7 Å². The van der Waals surface area contributed by atoms with Gasteiger partial charge < -0.3 is 21.2 Å². The van der Waals surface area contributed by atoms with Gasteiger partial charge in [0.1, 0.15) is 0 Å². The monoisotopic (exact) mass is 264 g/mol. The maximum Gasteiger partial charge on any atom is 0.363 e. The molecule has 1 aromatic carbocycles. The van der Waals surface area contributed by atoms with Gasteiger partial charge in [0.2, 0.25) is 0 Å². The van der Waals surface area contributed by atoms with Crippen LogP contribution in [0.25, 0.3) is 0 Å². The Morgan fingerprint density at radius 3 is 2.72 bits per heavy atom. The number of rotatable bonds is 3. The molecule has 0 radical (unpaired) electrons. The van der Waals surface area contributed by atoms with Crippen LogP contribution in [0.4, 0.5) is 22.9 Å². The summed E-state index contributed by atoms with van der Waals surface area (Å²) in [6, 6.07) is 7.87. The molecule has 0 bridgehead atoms. The number of nitrogen functional groups attached to an aromatic ring is 1. The smallest absolute Gasteiger partial charge is 0.363 e. The summed E-state index contributed by atoms with van der Waals surface area (Å²) in [7, 11) is 0. The van der Waals surface area contributed by atoms with Crippen LogP contribution in [0.1, 0.15) is 0 Å². The number of hydrogen-bond donors (Lipinski definition) is 2. The third kappa shape index (κ3) is 2.67. The van der Waals surface area contributed by atoms with Gasteiger partial charge in [0.25, 0.3) is 0 Å². The number of aromatic nitrogens is 1. The first kappa shape index (κ1) is 12.1. The number of nitrogens with zero attached hydrogens (tertiary/aromatic N) is 2. The lowest BCUT2D eigenvalue weighted by molar-refractivity contribution is -0.389. The summed E-state index contributed by atoms with van der Waals surface area (Å²) in [4.78, 5) is 13.6. The summed E-state index contributed by atoms with van der Waals surface area (Å²) in [6.45, 7) is 0. The molecule has 0 aliphatic carbocycles. The van der Waals surface area contributed by atoms with Crippen LogP contribution in [0, 0.1) is 10.1 Å². The van der Waals surface area contributed by atoms with E-state index >= 15 is 0 Å². The van der Waals surface area contributed by atoms with E-state index in [1.165, 1.54) is 12.3 Å². The van der Waals surface area contributed by atoms with E-state index in [2.05, 4.69) is 10.3 Å². The Labute approximate surface area is 108 Å². The molecule has 0 spiro atoms. The van der Waals surface area contributed by atoms with Gasteiger partial charge in [0, 0.05) is 11.8 Å². The highest BCUT2D eigenvalue weighted by molar-refractivity contribution is 6.33. The van der Waals surface area contributed by atoms with Gasteiger partial charge in [-0.15, -0.1) is 0 Å². The van der Waals surface area contributed by atoms with Crippen molar-refractivity contribution in [1.82, 2.24) is 4.98 Å². The summed E-state index contributed by atoms with van der Waals surface area (Å²) >= 11 is 5.98. The van der Waals surface area contributed by atoms with Crippen molar-refractivity contribution in [2.75, 3.05) is 11.1 Å². The third-order valence-corrected chi connectivity index (χ3v) is 2.53. The van der Waals surface area contributed by atoms with Gasteiger partial charge in [-0.3, -0.25) is 0 Å². The topological polar surface area (TPSA) is 94.1 Å². The van der Waals surface area contributed by atoms with Gasteiger partial charge in [-0.05, 0) is 34.2 Å². The summed E-state index contributed by atoms with van der Waals surface area (Å²) in [5.74, 6) is -0.209. The minimum absolute atomic E-state index is 0.209. The van der Waals surface area contributed by atoms with Crippen LogP contribution < -0.4 is 11.1 Å². The van der Waals surface area contributed by atoms with E-state index in [9.17, 15) is 10.1 Å². The van der Waals surface area contributed by atoms with Crippen LogP contribution in [0.15, 0.2) is 36.5 Å². The average molecular weight is 265 g/mol. The highest BCUT2D eigenvalue weighted by Crippen LogP contribution is 2.27. The molecule has 2 aromatic rings. The molecule has 18 heavy (non-hydrogen) atoms. The Kier molecular flexibility index (Phi) is 3.29. The van der Waals surface area contributed by atoms with E-state index < -0.39 is 4.92 Å². The van der Waals surface area contributed by atoms with Gasteiger partial charge in [-0.2, -0.15) is 0 Å². The second kappa shape index (κ2) is 4.89. The zero-order valence-corrected chi connectivity index (χ0v) is 9.89. The predicted octanol–water partition coefficient (Wildman–Crippen LogP) is 2.97. The maximum atomic E-state index is 10.5. The van der Waals surface area contributed by atoms with Gasteiger partial charge in [-0.1, -0.05) is 11.6 Å². The molecule has 6 nitrogen and oxygen atoms in total. The van der Waals surface area contributed by atoms with E-state index in [0.717, 1.165) is 0 Å². The molecule has 2 rings (SSSR count). The molecule has 92 valence electrons. The van der Waals surface area contributed by atoms with Crippen molar-refractivity contribution in [3.63, 3.8) is 0 Å². The summed E-state index contributed by atoms with van der Waals surface area (Å²) < 4.78 is 0. The van der Waals surface area contributed by atoms with Crippen molar-refractivity contribution in [2.24, 2.45) is 0 Å². The highest BCUT2D eigenvalue weighted by Gasteiger charge is 2.07. The van der Waals surface area contributed by atoms with E-state index in [1.807, 2.05) is 0 Å². The Balaban J connectivity index is 2.23. The van der Waals surface area contributed by atoms with Gasteiger partial charge in [-0.25, -0.2) is 0 Å². The predicted molar refractivity (Wildman–Crippen MR) is 70.0 cm³/mol. The molecular formula is C11H9ClN4O2. The number of anilines is 3. The van der Waals surface area contributed by atoms with Crippen LogP contribution in [0.5, 0.6) is 0 Å². The second-order valence-corrected chi connectivity index (χ2v) is 3.93. The van der Waals surface area contributed by atoms with E-state index in [1.54, 1.807) is 24.3 Å². The molecule has 0 aliphatic heterocycles. The summed E-state index contributed by atoms with van der Waals surface area (Å²) in [6.07, 6.45) is 1.36. The first-order valence-corrected chi connectivity index (χ1v) is 5.36. The lowest BCUT2D eigenvalue weighted by Crippen LogP contribution is -1.96. The average Bonchev–Trinajstić information content (AvgIpc) is 2.34. The van der Waals surface area contributed by atoms with Crippen LogP contribution in [0.3, 0.4) is 0 Å². The fourth-order valence-corrected chi connectivity index (χ4v) is 1.53. The zero-order valence-electron chi connectivity index (χ0n) is 9.13. The number of hydrogen-bond acceptors (Lipinski definition) is 5. The van der Waals surface area contributed by atoms with Crippen molar-refractivity contribution < 1.29 is 4.92 Å². The van der Waals surface area contributed by atoms with E-state index in [4.69, 9.17) is 17.3 Å². The lowest BCUT2D eigenvalue weighted by Gasteiger charge is -2.07. The fourth-order valence-electron chi connectivity index (χ4n) is 1.36. The lowest BCUT2D eigenvalue weighted by atomic mass is 10.2. The van der Waals surface area contributed by atoms with Crippen molar-refractivity contribution in [3.8, 4) is 0 Å². The first-order chi connectivity index (χ1) is 8.56. The van der Waals surface area contributed by atoms with Crippen molar-refractivity contribution >= 4 is 34.5 Å². The molecule has 0 fully saturated rings. The first-order valence-electron chi connectivity index (χ1n) is 4.99.